The number of amides is 1. The fourth-order valence-electron chi connectivity index (χ4n) is 1.11. The second-order valence-electron chi connectivity index (χ2n) is 3.27. The Hall–Kier alpha value is -1.18. The van der Waals surface area contributed by atoms with Gasteiger partial charge >= 0.3 is 5.97 Å². The van der Waals surface area contributed by atoms with Gasteiger partial charge in [-0.05, 0) is 0 Å². The van der Waals surface area contributed by atoms with Crippen LogP contribution in [0.2, 0.25) is 0 Å². The molecule has 0 aliphatic rings. The van der Waals surface area contributed by atoms with Crippen LogP contribution in [0.3, 0.4) is 0 Å². The van der Waals surface area contributed by atoms with Crippen molar-refractivity contribution in [3.05, 3.63) is 0 Å². The van der Waals surface area contributed by atoms with E-state index in [0.717, 1.165) is 0 Å². The van der Waals surface area contributed by atoms with Crippen molar-refractivity contribution in [3.63, 3.8) is 0 Å². The summed E-state index contributed by atoms with van der Waals surface area (Å²) < 4.78 is 4.89. The summed E-state index contributed by atoms with van der Waals surface area (Å²) in [6, 6.07) is -1.08. The number of aliphatic carboxylic acids is 1. The molecule has 0 bridgehead atoms. The Morgan fingerprint density at radius 1 is 1.50 bits per heavy atom. The molecule has 0 rings (SSSR count). The fourth-order valence-corrected chi connectivity index (χ4v) is 1.11. The van der Waals surface area contributed by atoms with Crippen molar-refractivity contribution in [3.8, 4) is 0 Å². The molecule has 7 heteroatoms. The highest BCUT2D eigenvalue weighted by Gasteiger charge is 2.20. The molecule has 1 amide bonds. The molecular formula is C9H18N2O5. The molecule has 16 heavy (non-hydrogen) atoms. The van der Waals surface area contributed by atoms with E-state index in [0.29, 0.717) is 0 Å². The summed E-state index contributed by atoms with van der Waals surface area (Å²) in [6.07, 6.45) is -0.451. The Morgan fingerprint density at radius 2 is 2.12 bits per heavy atom. The van der Waals surface area contributed by atoms with E-state index in [9.17, 15) is 9.59 Å². The van der Waals surface area contributed by atoms with Crippen LogP contribution in [-0.2, 0) is 14.3 Å². The van der Waals surface area contributed by atoms with Gasteiger partial charge in [0.15, 0.2) is 0 Å². The van der Waals surface area contributed by atoms with E-state index in [2.05, 4.69) is 5.32 Å². The third kappa shape index (κ3) is 5.64. The molecule has 0 saturated carbocycles. The van der Waals surface area contributed by atoms with Crippen molar-refractivity contribution in [1.82, 2.24) is 5.32 Å². The Bertz CT molecular complexity index is 230. The topological polar surface area (TPSA) is 122 Å². The van der Waals surface area contributed by atoms with E-state index < -0.39 is 24.0 Å². The van der Waals surface area contributed by atoms with Crippen LogP contribution in [-0.4, -0.2) is 54.5 Å². The first-order valence-electron chi connectivity index (χ1n) is 4.91. The molecule has 0 radical (unpaired) electrons. The van der Waals surface area contributed by atoms with Crippen LogP contribution in [0.1, 0.15) is 12.8 Å². The van der Waals surface area contributed by atoms with Crippen LogP contribution in [0.5, 0.6) is 0 Å². The van der Waals surface area contributed by atoms with Crippen LogP contribution in [0, 0.1) is 0 Å². The summed E-state index contributed by atoms with van der Waals surface area (Å²) >= 11 is 0. The number of carbonyl (C=O) groups excluding carboxylic acids is 1. The number of nitrogens with two attached hydrogens (primary N) is 1. The molecule has 0 heterocycles. The first-order valence-corrected chi connectivity index (χ1v) is 4.91. The number of carboxylic acids is 1. The van der Waals surface area contributed by atoms with Gasteiger partial charge in [0.05, 0.1) is 12.5 Å². The predicted molar refractivity (Wildman–Crippen MR) is 55.7 cm³/mol. The molecular weight excluding hydrogens is 216 g/mol. The highest BCUT2D eigenvalue weighted by Crippen LogP contribution is 1.97. The van der Waals surface area contributed by atoms with Gasteiger partial charge in [0.2, 0.25) is 5.91 Å². The standard InChI is InChI=1S/C9H18N2O5/c1-16-6(5-10)4-8(13)11-7(2-3-12)9(14)15/h6-7,12H,2-5,10H2,1H3,(H,11,13)(H,14,15). The normalized spacial score (nSPS) is 14.2. The number of hydrogen-bond acceptors (Lipinski definition) is 5. The summed E-state index contributed by atoms with van der Waals surface area (Å²) in [7, 11) is 1.42. The Kier molecular flexibility index (Phi) is 7.44. The monoisotopic (exact) mass is 234 g/mol. The second kappa shape index (κ2) is 8.03. The van der Waals surface area contributed by atoms with Gasteiger partial charge in [-0.3, -0.25) is 4.79 Å². The molecule has 0 spiro atoms. The second-order valence-corrected chi connectivity index (χ2v) is 3.27. The lowest BCUT2D eigenvalue weighted by atomic mass is 10.2. The first-order chi connectivity index (χ1) is 7.54. The summed E-state index contributed by atoms with van der Waals surface area (Å²) in [4.78, 5) is 22.0. The van der Waals surface area contributed by atoms with Crippen LogP contribution in [0.25, 0.3) is 0 Å². The zero-order chi connectivity index (χ0) is 12.6. The zero-order valence-electron chi connectivity index (χ0n) is 9.18. The van der Waals surface area contributed by atoms with Crippen molar-refractivity contribution in [1.29, 1.82) is 0 Å². The van der Waals surface area contributed by atoms with Crippen molar-refractivity contribution < 1.29 is 24.5 Å². The molecule has 0 aromatic heterocycles. The smallest absolute Gasteiger partial charge is 0.326 e. The zero-order valence-corrected chi connectivity index (χ0v) is 9.18. The average Bonchev–Trinajstić information content (AvgIpc) is 2.25. The van der Waals surface area contributed by atoms with E-state index in [1.165, 1.54) is 7.11 Å². The highest BCUT2D eigenvalue weighted by atomic mass is 16.5. The van der Waals surface area contributed by atoms with Crippen LogP contribution >= 0.6 is 0 Å². The minimum atomic E-state index is -1.18. The Balaban J connectivity index is 4.13. The number of nitrogens with one attached hydrogen (secondary N) is 1. The summed E-state index contributed by atoms with van der Waals surface area (Å²) in [5.74, 6) is -1.64. The van der Waals surface area contributed by atoms with Crippen LogP contribution in [0.15, 0.2) is 0 Å². The highest BCUT2D eigenvalue weighted by molar-refractivity contribution is 5.83. The van der Waals surface area contributed by atoms with Gasteiger partial charge in [-0.1, -0.05) is 0 Å². The number of hydrogen-bond donors (Lipinski definition) is 4. The minimum absolute atomic E-state index is 0.00219. The third-order valence-electron chi connectivity index (χ3n) is 2.06. The molecule has 0 aliphatic carbocycles. The number of aliphatic hydroxyl groups excluding tert-OH is 1. The third-order valence-corrected chi connectivity index (χ3v) is 2.06. The number of ether oxygens (including phenoxy) is 1. The van der Waals surface area contributed by atoms with Crippen molar-refractivity contribution in [2.75, 3.05) is 20.3 Å². The van der Waals surface area contributed by atoms with E-state index in [-0.39, 0.29) is 26.0 Å². The largest absolute Gasteiger partial charge is 0.480 e. The SMILES string of the molecule is COC(CN)CC(=O)NC(CCO)C(=O)O. The Morgan fingerprint density at radius 3 is 2.50 bits per heavy atom. The lowest BCUT2D eigenvalue weighted by Crippen LogP contribution is -2.43. The first kappa shape index (κ1) is 14.8. The van der Waals surface area contributed by atoms with Crippen LogP contribution < -0.4 is 11.1 Å². The maximum absolute atomic E-state index is 11.4. The van der Waals surface area contributed by atoms with Crippen molar-refractivity contribution >= 4 is 11.9 Å². The predicted octanol–water partition coefficient (Wildman–Crippen LogP) is -1.70. The van der Waals surface area contributed by atoms with E-state index in [1.54, 1.807) is 0 Å². The summed E-state index contributed by atoms with van der Waals surface area (Å²) in [5.41, 5.74) is 5.32. The van der Waals surface area contributed by atoms with E-state index in [4.69, 9.17) is 20.7 Å². The molecule has 2 unspecified atom stereocenters. The number of methoxy groups -OCH3 is 1. The lowest BCUT2D eigenvalue weighted by Gasteiger charge is -2.16. The summed E-state index contributed by atoms with van der Waals surface area (Å²) in [5, 5.41) is 19.6. The van der Waals surface area contributed by atoms with E-state index >= 15 is 0 Å². The fraction of sp³-hybridized carbons (Fsp3) is 0.778. The van der Waals surface area contributed by atoms with Gasteiger partial charge in [-0.2, -0.15) is 0 Å². The van der Waals surface area contributed by atoms with E-state index in [1.807, 2.05) is 0 Å². The lowest BCUT2D eigenvalue weighted by molar-refractivity contribution is -0.142. The van der Waals surface area contributed by atoms with Gasteiger partial charge < -0.3 is 26.0 Å². The average molecular weight is 234 g/mol. The van der Waals surface area contributed by atoms with Gasteiger partial charge in [0.25, 0.3) is 0 Å². The molecule has 5 N–H and O–H groups in total. The molecule has 0 fully saturated rings. The summed E-state index contributed by atoms with van der Waals surface area (Å²) in [6.45, 7) is -0.122. The van der Waals surface area contributed by atoms with Gasteiger partial charge in [0.1, 0.15) is 6.04 Å². The number of carbonyl (C=O) groups is 2. The molecule has 0 saturated heterocycles. The maximum Gasteiger partial charge on any atom is 0.326 e. The number of aliphatic hydroxyl groups is 1. The minimum Gasteiger partial charge on any atom is -0.480 e. The number of carboxylic acid groups (broad SMARTS) is 1. The van der Waals surface area contributed by atoms with Crippen molar-refractivity contribution in [2.24, 2.45) is 5.73 Å². The van der Waals surface area contributed by atoms with Crippen molar-refractivity contribution in [2.45, 2.75) is 25.0 Å². The molecule has 0 aromatic carbocycles. The quantitative estimate of drug-likeness (QED) is 0.397. The Labute approximate surface area is 93.6 Å². The molecule has 0 aliphatic heterocycles. The van der Waals surface area contributed by atoms with Gasteiger partial charge in [-0.15, -0.1) is 0 Å². The molecule has 2 atom stereocenters. The molecule has 94 valence electrons. The van der Waals surface area contributed by atoms with Gasteiger partial charge in [-0.25, -0.2) is 4.79 Å². The molecule has 0 aromatic rings. The van der Waals surface area contributed by atoms with Gasteiger partial charge in [0, 0.05) is 26.7 Å². The maximum atomic E-state index is 11.4. The molecule has 7 nitrogen and oxygen atoms in total. The van der Waals surface area contributed by atoms with Crippen LogP contribution in [0.4, 0.5) is 0 Å². The number of rotatable bonds is 8.